The number of allylic oxidation sites excluding steroid dienone is 1. The minimum atomic E-state index is -0.362. The van der Waals surface area contributed by atoms with Crippen LogP contribution in [0.15, 0.2) is 66.7 Å². The number of halogens is 2. The van der Waals surface area contributed by atoms with Gasteiger partial charge in [-0.1, -0.05) is 42.8 Å². The van der Waals surface area contributed by atoms with E-state index in [0.29, 0.717) is 17.1 Å². The van der Waals surface area contributed by atoms with E-state index in [9.17, 15) is 9.18 Å². The summed E-state index contributed by atoms with van der Waals surface area (Å²) in [5, 5.41) is 6.52. The first-order chi connectivity index (χ1) is 15.5. The maximum atomic E-state index is 13.3. The molecular weight excluding hydrogens is 427 g/mol. The van der Waals surface area contributed by atoms with Gasteiger partial charge in [-0.05, 0) is 71.7 Å². The van der Waals surface area contributed by atoms with E-state index in [1.807, 2.05) is 35.0 Å². The monoisotopic (exact) mass is 448 g/mol. The summed E-state index contributed by atoms with van der Waals surface area (Å²) in [5.41, 5.74) is 5.26. The number of methoxy groups -OCH3 is 1. The molecule has 162 valence electrons. The molecule has 32 heavy (non-hydrogen) atoms. The normalized spacial score (nSPS) is 11.7. The molecule has 0 bridgehead atoms. The highest BCUT2D eigenvalue weighted by Crippen LogP contribution is 2.30. The summed E-state index contributed by atoms with van der Waals surface area (Å²) in [4.78, 5) is 11.7. The van der Waals surface area contributed by atoms with Gasteiger partial charge in [-0.25, -0.2) is 9.18 Å². The van der Waals surface area contributed by atoms with E-state index < -0.39 is 0 Å². The zero-order chi connectivity index (χ0) is 22.7. The summed E-state index contributed by atoms with van der Waals surface area (Å²) in [6, 6.07) is 19.4. The Morgan fingerprint density at radius 3 is 2.47 bits per heavy atom. The average Bonchev–Trinajstić information content (AvgIpc) is 3.16. The molecule has 1 heterocycles. The minimum Gasteiger partial charge on any atom is -0.465 e. The predicted octanol–water partition coefficient (Wildman–Crippen LogP) is 6.61. The molecule has 0 aliphatic rings. The number of benzene rings is 3. The molecule has 0 fully saturated rings. The molecule has 0 unspecified atom stereocenters. The lowest BCUT2D eigenvalue weighted by Gasteiger charge is -2.05. The van der Waals surface area contributed by atoms with Gasteiger partial charge >= 0.3 is 5.97 Å². The predicted molar refractivity (Wildman–Crippen MR) is 126 cm³/mol. The van der Waals surface area contributed by atoms with Crippen LogP contribution in [0.1, 0.15) is 40.5 Å². The molecule has 3 aromatic carbocycles. The van der Waals surface area contributed by atoms with Crippen LogP contribution < -0.4 is 0 Å². The molecule has 0 radical (unpaired) electrons. The number of rotatable bonds is 6. The van der Waals surface area contributed by atoms with Crippen molar-refractivity contribution < 1.29 is 13.9 Å². The fourth-order valence-corrected chi connectivity index (χ4v) is 3.81. The number of fused-ring (bicyclic) bond motifs is 1. The van der Waals surface area contributed by atoms with Gasteiger partial charge < -0.3 is 4.74 Å². The molecule has 0 atom stereocenters. The van der Waals surface area contributed by atoms with Crippen molar-refractivity contribution in [1.82, 2.24) is 9.78 Å². The Morgan fingerprint density at radius 2 is 1.81 bits per heavy atom. The molecule has 4 nitrogen and oxygen atoms in total. The van der Waals surface area contributed by atoms with E-state index in [1.165, 1.54) is 19.2 Å². The van der Waals surface area contributed by atoms with E-state index in [1.54, 1.807) is 24.3 Å². The quantitative estimate of drug-likeness (QED) is 0.311. The number of aromatic nitrogens is 2. The van der Waals surface area contributed by atoms with Gasteiger partial charge in [-0.2, -0.15) is 5.10 Å². The van der Waals surface area contributed by atoms with Gasteiger partial charge in [-0.15, -0.1) is 0 Å². The Balaban J connectivity index is 1.75. The van der Waals surface area contributed by atoms with Crippen LogP contribution in [-0.2, 0) is 11.3 Å². The van der Waals surface area contributed by atoms with E-state index in [0.717, 1.165) is 39.7 Å². The number of carbonyl (C=O) groups excluding carboxylic acids is 1. The molecule has 0 saturated carbocycles. The van der Waals surface area contributed by atoms with Crippen LogP contribution >= 0.6 is 11.6 Å². The van der Waals surface area contributed by atoms with Crippen LogP contribution in [0.25, 0.3) is 22.6 Å². The zero-order valence-electron chi connectivity index (χ0n) is 17.8. The Kier molecular flexibility index (Phi) is 6.37. The number of esters is 1. The smallest absolute Gasteiger partial charge is 0.337 e. The van der Waals surface area contributed by atoms with Gasteiger partial charge in [0.25, 0.3) is 0 Å². The van der Waals surface area contributed by atoms with Crippen molar-refractivity contribution in [3.8, 4) is 0 Å². The number of nitrogens with zero attached hydrogens (tertiary/aromatic N) is 2. The lowest BCUT2D eigenvalue weighted by atomic mass is 10.0. The molecule has 0 N–H and O–H groups in total. The van der Waals surface area contributed by atoms with Crippen LogP contribution in [0.2, 0.25) is 5.02 Å². The summed E-state index contributed by atoms with van der Waals surface area (Å²) in [6.45, 7) is 2.58. The van der Waals surface area contributed by atoms with Crippen LogP contribution in [0.4, 0.5) is 4.39 Å². The van der Waals surface area contributed by atoms with E-state index in [2.05, 4.69) is 13.0 Å². The lowest BCUT2D eigenvalue weighted by Crippen LogP contribution is -2.02. The average molecular weight is 449 g/mol. The minimum absolute atomic E-state index is 0.266. The first-order valence-corrected chi connectivity index (χ1v) is 10.7. The number of hydrogen-bond donors (Lipinski definition) is 0. The van der Waals surface area contributed by atoms with Gasteiger partial charge in [0, 0.05) is 10.4 Å². The van der Waals surface area contributed by atoms with Gasteiger partial charge in [0.1, 0.15) is 5.82 Å². The van der Waals surface area contributed by atoms with E-state index >= 15 is 0 Å². The van der Waals surface area contributed by atoms with Gasteiger partial charge in [-0.3, -0.25) is 4.68 Å². The maximum Gasteiger partial charge on any atom is 0.337 e. The second kappa shape index (κ2) is 9.37. The zero-order valence-corrected chi connectivity index (χ0v) is 18.6. The van der Waals surface area contributed by atoms with Crippen molar-refractivity contribution in [3.63, 3.8) is 0 Å². The van der Waals surface area contributed by atoms with Crippen LogP contribution in [0.3, 0.4) is 0 Å². The van der Waals surface area contributed by atoms with Crippen LogP contribution in [0.5, 0.6) is 0 Å². The van der Waals surface area contributed by atoms with E-state index in [4.69, 9.17) is 21.4 Å². The third kappa shape index (κ3) is 4.58. The van der Waals surface area contributed by atoms with Crippen molar-refractivity contribution in [2.75, 3.05) is 7.11 Å². The third-order valence-corrected chi connectivity index (χ3v) is 5.55. The highest BCUT2D eigenvalue weighted by Gasteiger charge is 2.15. The molecule has 0 spiro atoms. The number of hydrogen-bond acceptors (Lipinski definition) is 3. The van der Waals surface area contributed by atoms with Crippen LogP contribution in [-0.4, -0.2) is 22.9 Å². The number of ether oxygens (including phenoxy) is 1. The topological polar surface area (TPSA) is 44.1 Å². The first-order valence-electron chi connectivity index (χ1n) is 10.3. The fraction of sp³-hybridized carbons (Fsp3) is 0.154. The van der Waals surface area contributed by atoms with Crippen molar-refractivity contribution in [2.24, 2.45) is 0 Å². The Hall–Kier alpha value is -3.44. The van der Waals surface area contributed by atoms with Gasteiger partial charge in [0.2, 0.25) is 0 Å². The lowest BCUT2D eigenvalue weighted by molar-refractivity contribution is 0.0600. The van der Waals surface area contributed by atoms with Crippen LogP contribution in [0, 0.1) is 5.82 Å². The molecule has 0 aliphatic carbocycles. The third-order valence-electron chi connectivity index (χ3n) is 5.32. The second-order valence-electron chi connectivity index (χ2n) is 7.43. The fourth-order valence-electron chi connectivity index (χ4n) is 3.64. The number of carbonyl (C=O) groups is 1. The second-order valence-corrected chi connectivity index (χ2v) is 7.87. The highest BCUT2D eigenvalue weighted by molar-refractivity contribution is 6.31. The largest absolute Gasteiger partial charge is 0.465 e. The summed E-state index contributed by atoms with van der Waals surface area (Å²) in [7, 11) is 1.37. The Labute approximate surface area is 190 Å². The van der Waals surface area contributed by atoms with Crippen molar-refractivity contribution >= 4 is 40.1 Å². The van der Waals surface area contributed by atoms with Crippen molar-refractivity contribution in [2.45, 2.75) is 19.9 Å². The molecule has 0 saturated heterocycles. The molecule has 1 aromatic heterocycles. The Morgan fingerprint density at radius 1 is 1.09 bits per heavy atom. The molecule has 4 rings (SSSR count). The highest BCUT2D eigenvalue weighted by atomic mass is 35.5. The molecule has 0 aliphatic heterocycles. The maximum absolute atomic E-state index is 13.3. The Bertz CT molecular complexity index is 1290. The summed E-state index contributed by atoms with van der Waals surface area (Å²) in [5.74, 6) is -0.629. The molecular formula is C26H22ClFN2O2. The van der Waals surface area contributed by atoms with Crippen molar-refractivity contribution in [1.29, 1.82) is 0 Å². The summed E-state index contributed by atoms with van der Waals surface area (Å²) < 4.78 is 20.0. The summed E-state index contributed by atoms with van der Waals surface area (Å²) in [6.07, 6.45) is 2.84. The standard InChI is InChI=1S/C26H22ClFN2O2/c1-3-19(14-17-4-8-20(9-5-17)26(31)32-2)25-23-13-10-21(27)15-24(23)30(29-25)16-18-6-11-22(28)12-7-18/h4-15H,3,16H2,1-2H3/b19-14+. The van der Waals surface area contributed by atoms with Crippen molar-refractivity contribution in [3.05, 3.63) is 100.0 Å². The van der Waals surface area contributed by atoms with E-state index in [-0.39, 0.29) is 11.8 Å². The van der Waals surface area contributed by atoms with Gasteiger partial charge in [0.15, 0.2) is 0 Å². The van der Waals surface area contributed by atoms with Gasteiger partial charge in [0.05, 0.1) is 30.4 Å². The molecule has 4 aromatic rings. The molecule has 6 heteroatoms. The SMILES string of the molecule is CC/C(=C\c1ccc(C(=O)OC)cc1)c1nn(Cc2ccc(F)cc2)c2cc(Cl)ccc12. The molecule has 0 amide bonds. The summed E-state index contributed by atoms with van der Waals surface area (Å²) >= 11 is 6.28. The first kappa shape index (κ1) is 21.8.